The van der Waals surface area contributed by atoms with Crippen LogP contribution >= 0.6 is 0 Å². The molecule has 59 valence electrons. The van der Waals surface area contributed by atoms with Gasteiger partial charge in [0.15, 0.2) is 0 Å². The minimum atomic E-state index is -0.851. The molecule has 0 radical (unpaired) electrons. The van der Waals surface area contributed by atoms with Crippen molar-refractivity contribution in [2.24, 2.45) is 0 Å². The summed E-state index contributed by atoms with van der Waals surface area (Å²) in [4.78, 5) is 0. The second-order valence-electron chi connectivity index (χ2n) is 4.35. The Morgan fingerprint density at radius 2 is 2.09 bits per heavy atom. The molecule has 0 bridgehead atoms. The van der Waals surface area contributed by atoms with Gasteiger partial charge in [0.05, 0.1) is 0 Å². The predicted molar refractivity (Wildman–Crippen MR) is 48.9 cm³/mol. The van der Waals surface area contributed by atoms with Crippen molar-refractivity contribution in [1.29, 1.82) is 0 Å². The molecule has 2 heteroatoms. The van der Waals surface area contributed by atoms with Gasteiger partial charge in [-0.05, 0) is 0 Å². The molecule has 0 unspecified atom stereocenters. The van der Waals surface area contributed by atoms with Gasteiger partial charge < -0.3 is 0 Å². The first-order chi connectivity index (χ1) is 4.99. The van der Waals surface area contributed by atoms with Gasteiger partial charge in [-0.25, -0.2) is 0 Å². The fraction of sp³-hybridized carbons (Fsp3) is 0.556. The third-order valence-electron chi connectivity index (χ3n) is 1.75. The molecular weight excluding hydrogens is 315 g/mol. The van der Waals surface area contributed by atoms with Crippen molar-refractivity contribution in [2.45, 2.75) is 32.1 Å². The molecule has 0 atom stereocenters. The van der Waals surface area contributed by atoms with E-state index < -0.39 is 8.07 Å². The molecule has 0 fully saturated rings. The Morgan fingerprint density at radius 1 is 1.45 bits per heavy atom. The van der Waals surface area contributed by atoms with E-state index in [0.29, 0.717) is 0 Å². The number of hydrogen-bond acceptors (Lipinski definition) is 0. The molecule has 0 nitrogen and oxygen atoms in total. The molecule has 0 N–H and O–H groups in total. The van der Waals surface area contributed by atoms with Crippen molar-refractivity contribution in [1.82, 2.24) is 0 Å². The molecule has 0 aromatic rings. The minimum absolute atomic E-state index is 0.851. The summed E-state index contributed by atoms with van der Waals surface area (Å²) < 4.78 is 1.73. The van der Waals surface area contributed by atoms with Crippen LogP contribution in [0.4, 0.5) is 0 Å². The molecule has 0 heterocycles. The molecule has 0 amide bonds. The van der Waals surface area contributed by atoms with Gasteiger partial charge in [0.2, 0.25) is 0 Å². The molecule has 0 spiro atoms. The summed E-state index contributed by atoms with van der Waals surface area (Å²) in [5.74, 6) is 0. The summed E-state index contributed by atoms with van der Waals surface area (Å²) in [5, 5.41) is 0. The summed E-state index contributed by atoms with van der Waals surface area (Å²) >= 11 is 1.27. The predicted octanol–water partition coefficient (Wildman–Crippen LogP) is 3.09. The van der Waals surface area contributed by atoms with Crippen LogP contribution in [-0.4, -0.2) is 8.07 Å². The van der Waals surface area contributed by atoms with Crippen molar-refractivity contribution >= 4 is 8.07 Å². The first-order valence-electron chi connectivity index (χ1n) is 4.09. The topological polar surface area (TPSA) is 0 Å². The van der Waals surface area contributed by atoms with Crippen LogP contribution < -0.4 is 0 Å². The normalized spacial score (nSPS) is 18.0. The Balaban J connectivity index is 2.63. The van der Waals surface area contributed by atoms with Gasteiger partial charge in [-0.15, -0.1) is 0 Å². The third kappa shape index (κ3) is 3.20. The fourth-order valence-corrected chi connectivity index (χ4v) is 4.44. The van der Waals surface area contributed by atoms with Crippen LogP contribution in [0.3, 0.4) is 0 Å². The molecular formula is C9H15HfSi. The van der Waals surface area contributed by atoms with Gasteiger partial charge in [0, 0.05) is 0 Å². The Morgan fingerprint density at radius 3 is 2.45 bits per heavy atom. The molecule has 1 rings (SSSR count). The van der Waals surface area contributed by atoms with Gasteiger partial charge in [-0.3, -0.25) is 0 Å². The molecule has 0 saturated heterocycles. The standard InChI is InChI=1S/C9H15Si.Hf/c1-10(2,3)8-9-6-4-5-7-9;/h4,6H,5,8H2,1-3H3;. The Labute approximate surface area is 85.3 Å². The molecule has 11 heavy (non-hydrogen) atoms. The first-order valence-corrected chi connectivity index (χ1v) is 9.59. The summed E-state index contributed by atoms with van der Waals surface area (Å²) in [5.41, 5.74) is 1.68. The second-order valence-corrected chi connectivity index (χ2v) is 12.0. The number of allylic oxidation sites excluding steroid dienone is 4. The van der Waals surface area contributed by atoms with Crippen LogP contribution in [0, 0.1) is 0 Å². The summed E-state index contributed by atoms with van der Waals surface area (Å²) in [6, 6.07) is 1.39. The van der Waals surface area contributed by atoms with Crippen molar-refractivity contribution in [3.8, 4) is 0 Å². The van der Waals surface area contributed by atoms with E-state index in [2.05, 4.69) is 31.8 Å². The van der Waals surface area contributed by atoms with E-state index >= 15 is 0 Å². The van der Waals surface area contributed by atoms with Crippen molar-refractivity contribution in [3.63, 3.8) is 0 Å². The van der Waals surface area contributed by atoms with Gasteiger partial charge in [0.1, 0.15) is 0 Å². The van der Waals surface area contributed by atoms with Crippen LogP contribution in [0.5, 0.6) is 0 Å². The number of rotatable bonds is 2. The van der Waals surface area contributed by atoms with Crippen LogP contribution in [0.1, 0.15) is 6.42 Å². The fourth-order valence-electron chi connectivity index (χ4n) is 1.29. The zero-order valence-electron chi connectivity index (χ0n) is 7.57. The Hall–Kier alpha value is 0.567. The molecule has 1 aliphatic carbocycles. The first kappa shape index (κ1) is 9.65. The van der Waals surface area contributed by atoms with E-state index in [0.717, 1.165) is 0 Å². The molecule has 0 saturated carbocycles. The maximum absolute atomic E-state index is 2.45. The Kier molecular flexibility index (Phi) is 3.09. The van der Waals surface area contributed by atoms with E-state index in [1.54, 1.807) is 8.90 Å². The van der Waals surface area contributed by atoms with E-state index in [1.165, 1.54) is 36.8 Å². The van der Waals surface area contributed by atoms with Crippen molar-refractivity contribution in [2.75, 3.05) is 0 Å². The second kappa shape index (κ2) is 3.52. The summed E-state index contributed by atoms with van der Waals surface area (Å²) in [7, 11) is -0.851. The zero-order chi connectivity index (χ0) is 8.48. The monoisotopic (exact) mass is 331 g/mol. The molecule has 1 aliphatic rings. The quantitative estimate of drug-likeness (QED) is 0.683. The van der Waals surface area contributed by atoms with Gasteiger partial charge in [-0.2, -0.15) is 0 Å². The van der Waals surface area contributed by atoms with Gasteiger partial charge >= 0.3 is 85.6 Å². The molecule has 0 aromatic heterocycles. The average Bonchev–Trinajstić information content (AvgIpc) is 2.12. The maximum atomic E-state index is 2.45. The average molecular weight is 330 g/mol. The SMILES string of the molecule is C[Si](C)(C)CC1=[C]([Hf])CC=C1. The number of hydrogen-bond donors (Lipinski definition) is 0. The Bertz CT molecular complexity index is 208. The zero-order valence-corrected chi connectivity index (χ0v) is 12.2. The van der Waals surface area contributed by atoms with E-state index in [4.69, 9.17) is 0 Å². The van der Waals surface area contributed by atoms with Crippen LogP contribution in [0.2, 0.25) is 25.7 Å². The van der Waals surface area contributed by atoms with E-state index in [1.807, 2.05) is 0 Å². The summed E-state index contributed by atoms with van der Waals surface area (Å²) in [6.07, 6.45) is 5.92. The van der Waals surface area contributed by atoms with Gasteiger partial charge in [0.25, 0.3) is 0 Å². The van der Waals surface area contributed by atoms with E-state index in [-0.39, 0.29) is 0 Å². The van der Waals surface area contributed by atoms with E-state index in [9.17, 15) is 0 Å². The van der Waals surface area contributed by atoms with Crippen LogP contribution in [-0.2, 0) is 24.4 Å². The van der Waals surface area contributed by atoms with Gasteiger partial charge in [-0.1, -0.05) is 0 Å². The molecule has 0 aromatic carbocycles. The van der Waals surface area contributed by atoms with Crippen LogP contribution in [0.25, 0.3) is 0 Å². The third-order valence-corrected chi connectivity index (χ3v) is 5.08. The van der Waals surface area contributed by atoms with Crippen molar-refractivity contribution < 1.29 is 24.4 Å². The molecule has 0 aliphatic heterocycles. The summed E-state index contributed by atoms with van der Waals surface area (Å²) in [6.45, 7) is 7.34. The van der Waals surface area contributed by atoms with Crippen LogP contribution in [0.15, 0.2) is 21.1 Å². The van der Waals surface area contributed by atoms with Crippen molar-refractivity contribution in [3.05, 3.63) is 21.1 Å².